The van der Waals surface area contributed by atoms with Crippen LogP contribution in [0.15, 0.2) is 24.3 Å². The maximum Gasteiger partial charge on any atom is 0.244 e. The molecule has 1 unspecified atom stereocenters. The SMILES string of the molecule is CC(=O)N(CC(=O)Nc1ccc(F)cc1)C1CCS(=O)(=O)C1. The summed E-state index contributed by atoms with van der Waals surface area (Å²) >= 11 is 0. The highest BCUT2D eigenvalue weighted by Crippen LogP contribution is 2.18. The van der Waals surface area contributed by atoms with Crippen molar-refractivity contribution >= 4 is 27.3 Å². The summed E-state index contributed by atoms with van der Waals surface area (Å²) in [6.45, 7) is 1.07. The summed E-state index contributed by atoms with van der Waals surface area (Å²) in [6, 6.07) is 4.77. The number of hydrogen-bond acceptors (Lipinski definition) is 4. The highest BCUT2D eigenvalue weighted by Gasteiger charge is 2.34. The van der Waals surface area contributed by atoms with Crippen LogP contribution in [0.5, 0.6) is 0 Å². The monoisotopic (exact) mass is 328 g/mol. The minimum atomic E-state index is -3.14. The number of anilines is 1. The lowest BCUT2D eigenvalue weighted by atomic mass is 10.2. The fourth-order valence-electron chi connectivity index (χ4n) is 2.41. The van der Waals surface area contributed by atoms with Crippen LogP contribution in [0.1, 0.15) is 13.3 Å². The van der Waals surface area contributed by atoms with Crippen molar-refractivity contribution < 1.29 is 22.4 Å². The fraction of sp³-hybridized carbons (Fsp3) is 0.429. The zero-order valence-corrected chi connectivity index (χ0v) is 12.9. The van der Waals surface area contributed by atoms with Crippen LogP contribution in [0.2, 0.25) is 0 Å². The van der Waals surface area contributed by atoms with Crippen molar-refractivity contribution in [1.82, 2.24) is 4.90 Å². The third-order valence-electron chi connectivity index (χ3n) is 3.50. The largest absolute Gasteiger partial charge is 0.330 e. The molecule has 0 aliphatic carbocycles. The quantitative estimate of drug-likeness (QED) is 0.886. The summed E-state index contributed by atoms with van der Waals surface area (Å²) in [5.74, 6) is -1.31. The molecule has 1 aromatic carbocycles. The normalized spacial score (nSPS) is 19.6. The standard InChI is InChI=1S/C14H17FN2O4S/c1-10(18)17(13-6-7-22(20,21)9-13)8-14(19)16-12-4-2-11(15)3-5-12/h2-5,13H,6-9H2,1H3,(H,16,19). The molecule has 1 fully saturated rings. The van der Waals surface area contributed by atoms with Gasteiger partial charge in [0, 0.05) is 18.7 Å². The Labute approximate surface area is 128 Å². The summed E-state index contributed by atoms with van der Waals surface area (Å²) in [5, 5.41) is 2.55. The van der Waals surface area contributed by atoms with Gasteiger partial charge in [-0.3, -0.25) is 9.59 Å². The Morgan fingerprint density at radius 3 is 2.45 bits per heavy atom. The summed E-state index contributed by atoms with van der Waals surface area (Å²) < 4.78 is 35.8. The van der Waals surface area contributed by atoms with Crippen LogP contribution in [0.4, 0.5) is 10.1 Å². The van der Waals surface area contributed by atoms with Crippen LogP contribution < -0.4 is 5.32 Å². The second kappa shape index (κ2) is 6.43. The average Bonchev–Trinajstić information content (AvgIpc) is 2.78. The van der Waals surface area contributed by atoms with E-state index in [0.29, 0.717) is 12.1 Å². The first-order chi connectivity index (χ1) is 10.3. The Bertz CT molecular complexity index is 673. The van der Waals surface area contributed by atoms with Crippen LogP contribution >= 0.6 is 0 Å². The van der Waals surface area contributed by atoms with E-state index in [0.717, 1.165) is 0 Å². The number of benzene rings is 1. The van der Waals surface area contributed by atoms with Crippen molar-refractivity contribution in [3.63, 3.8) is 0 Å². The molecule has 1 saturated heterocycles. The number of carbonyl (C=O) groups is 2. The minimum Gasteiger partial charge on any atom is -0.330 e. The van der Waals surface area contributed by atoms with Crippen molar-refractivity contribution in [2.75, 3.05) is 23.4 Å². The molecule has 0 saturated carbocycles. The first-order valence-corrected chi connectivity index (χ1v) is 8.62. The third kappa shape index (κ3) is 4.27. The van der Waals surface area contributed by atoms with Gasteiger partial charge in [-0.15, -0.1) is 0 Å². The predicted molar refractivity (Wildman–Crippen MR) is 79.5 cm³/mol. The van der Waals surface area contributed by atoms with Gasteiger partial charge in [0.1, 0.15) is 12.4 Å². The molecule has 0 aromatic heterocycles. The number of sulfone groups is 1. The number of rotatable bonds is 4. The second-order valence-corrected chi connectivity index (χ2v) is 7.49. The Kier molecular flexibility index (Phi) is 4.80. The topological polar surface area (TPSA) is 83.6 Å². The van der Waals surface area contributed by atoms with Gasteiger partial charge < -0.3 is 10.2 Å². The number of carbonyl (C=O) groups excluding carboxylic acids is 2. The number of halogens is 1. The molecule has 1 aromatic rings. The lowest BCUT2D eigenvalue weighted by Gasteiger charge is -2.26. The Hall–Kier alpha value is -1.96. The molecular formula is C14H17FN2O4S. The van der Waals surface area contributed by atoms with Crippen molar-refractivity contribution in [2.45, 2.75) is 19.4 Å². The Morgan fingerprint density at radius 2 is 1.95 bits per heavy atom. The van der Waals surface area contributed by atoms with E-state index in [1.807, 2.05) is 0 Å². The van der Waals surface area contributed by atoms with Gasteiger partial charge in [0.2, 0.25) is 11.8 Å². The van der Waals surface area contributed by atoms with Gasteiger partial charge >= 0.3 is 0 Å². The molecule has 0 spiro atoms. The van der Waals surface area contributed by atoms with E-state index < -0.39 is 27.6 Å². The third-order valence-corrected chi connectivity index (χ3v) is 5.25. The number of hydrogen-bond donors (Lipinski definition) is 1. The van der Waals surface area contributed by atoms with E-state index in [-0.39, 0.29) is 24.0 Å². The van der Waals surface area contributed by atoms with Crippen molar-refractivity contribution in [1.29, 1.82) is 0 Å². The highest BCUT2D eigenvalue weighted by atomic mass is 32.2. The molecule has 0 radical (unpaired) electrons. The van der Waals surface area contributed by atoms with Crippen LogP contribution in [-0.4, -0.2) is 49.2 Å². The van der Waals surface area contributed by atoms with Gasteiger partial charge in [-0.25, -0.2) is 12.8 Å². The van der Waals surface area contributed by atoms with Gasteiger partial charge in [-0.1, -0.05) is 0 Å². The van der Waals surface area contributed by atoms with Crippen molar-refractivity contribution in [3.05, 3.63) is 30.1 Å². The molecule has 6 nitrogen and oxygen atoms in total. The van der Waals surface area contributed by atoms with E-state index in [1.54, 1.807) is 0 Å². The van der Waals surface area contributed by atoms with E-state index in [9.17, 15) is 22.4 Å². The van der Waals surface area contributed by atoms with E-state index in [4.69, 9.17) is 0 Å². The highest BCUT2D eigenvalue weighted by molar-refractivity contribution is 7.91. The van der Waals surface area contributed by atoms with Crippen LogP contribution in [-0.2, 0) is 19.4 Å². The molecule has 2 rings (SSSR count). The zero-order chi connectivity index (χ0) is 16.3. The molecule has 1 N–H and O–H groups in total. The second-order valence-electron chi connectivity index (χ2n) is 5.26. The molecule has 120 valence electrons. The first-order valence-electron chi connectivity index (χ1n) is 6.80. The van der Waals surface area contributed by atoms with Crippen molar-refractivity contribution in [2.24, 2.45) is 0 Å². The summed E-state index contributed by atoms with van der Waals surface area (Å²) in [4.78, 5) is 24.9. The Morgan fingerprint density at radius 1 is 1.32 bits per heavy atom. The average molecular weight is 328 g/mol. The van der Waals surface area contributed by atoms with Crippen LogP contribution in [0.3, 0.4) is 0 Å². The Balaban J connectivity index is 2.00. The molecular weight excluding hydrogens is 311 g/mol. The molecule has 1 aliphatic rings. The molecule has 8 heteroatoms. The minimum absolute atomic E-state index is 0.0288. The molecule has 22 heavy (non-hydrogen) atoms. The maximum atomic E-state index is 12.8. The van der Waals surface area contributed by atoms with Crippen LogP contribution in [0.25, 0.3) is 0 Å². The smallest absolute Gasteiger partial charge is 0.244 e. The van der Waals surface area contributed by atoms with Gasteiger partial charge in [-0.2, -0.15) is 0 Å². The van der Waals surface area contributed by atoms with Gasteiger partial charge in [0.25, 0.3) is 0 Å². The van der Waals surface area contributed by atoms with E-state index >= 15 is 0 Å². The van der Waals surface area contributed by atoms with Gasteiger partial charge in [-0.05, 0) is 30.7 Å². The lowest BCUT2D eigenvalue weighted by Crippen LogP contribution is -2.44. The van der Waals surface area contributed by atoms with Gasteiger partial charge in [0.05, 0.1) is 11.5 Å². The molecule has 2 amide bonds. The molecule has 1 heterocycles. The summed E-state index contributed by atoms with van der Waals surface area (Å²) in [7, 11) is -3.14. The van der Waals surface area contributed by atoms with E-state index in [2.05, 4.69) is 5.32 Å². The zero-order valence-electron chi connectivity index (χ0n) is 12.1. The fourth-order valence-corrected chi connectivity index (χ4v) is 4.14. The number of nitrogens with zero attached hydrogens (tertiary/aromatic N) is 1. The first kappa shape index (κ1) is 16.4. The molecule has 1 aliphatic heterocycles. The van der Waals surface area contributed by atoms with Gasteiger partial charge in [0.15, 0.2) is 9.84 Å². The lowest BCUT2D eigenvalue weighted by molar-refractivity contribution is -0.134. The van der Waals surface area contributed by atoms with Crippen molar-refractivity contribution in [3.8, 4) is 0 Å². The van der Waals surface area contributed by atoms with E-state index in [1.165, 1.54) is 36.1 Å². The number of amides is 2. The summed E-state index contributed by atoms with van der Waals surface area (Å²) in [5.41, 5.74) is 0.411. The van der Waals surface area contributed by atoms with Crippen LogP contribution in [0, 0.1) is 5.82 Å². The number of nitrogens with one attached hydrogen (secondary N) is 1. The summed E-state index contributed by atoms with van der Waals surface area (Å²) in [6.07, 6.45) is 0.339. The molecule has 0 bridgehead atoms. The predicted octanol–water partition coefficient (Wildman–Crippen LogP) is 0.800. The molecule has 1 atom stereocenters. The maximum absolute atomic E-state index is 12.8.